The molecule has 0 saturated carbocycles. The lowest BCUT2D eigenvalue weighted by molar-refractivity contribution is 0.0782. The van der Waals surface area contributed by atoms with Crippen molar-refractivity contribution in [3.05, 3.63) is 16.8 Å². The molecule has 3 heterocycles. The van der Waals surface area contributed by atoms with Gasteiger partial charge in [0.1, 0.15) is 16.5 Å². The molecule has 1 N–H and O–H groups in total. The fourth-order valence-electron chi connectivity index (χ4n) is 2.67. The van der Waals surface area contributed by atoms with Crippen LogP contribution >= 0.6 is 11.3 Å². The van der Waals surface area contributed by atoms with Crippen LogP contribution in [0.3, 0.4) is 0 Å². The van der Waals surface area contributed by atoms with Gasteiger partial charge >= 0.3 is 0 Å². The average molecular weight is 305 g/mol. The van der Waals surface area contributed by atoms with Crippen LogP contribution in [0, 0.1) is 0 Å². The summed E-state index contributed by atoms with van der Waals surface area (Å²) in [5.74, 6) is 2.29. The van der Waals surface area contributed by atoms with Crippen LogP contribution in [0.15, 0.2) is 6.07 Å². The molecule has 2 aromatic rings. The standard InChI is InChI=1S/C16H23N3OS/c1-3-7-17-15-13-9-12(4-2)21-16(13)19-14(18-15)11-6-5-8-20-10-11/h9,11H,3-8,10H2,1-2H3,(H,17,18,19). The summed E-state index contributed by atoms with van der Waals surface area (Å²) in [7, 11) is 0. The Morgan fingerprint density at radius 2 is 2.29 bits per heavy atom. The molecule has 3 rings (SSSR count). The number of ether oxygens (including phenoxy) is 1. The molecule has 2 aromatic heterocycles. The summed E-state index contributed by atoms with van der Waals surface area (Å²) in [6, 6.07) is 2.24. The van der Waals surface area contributed by atoms with Gasteiger partial charge in [0.15, 0.2) is 0 Å². The summed E-state index contributed by atoms with van der Waals surface area (Å²) in [6.45, 7) is 6.94. The van der Waals surface area contributed by atoms with E-state index >= 15 is 0 Å². The molecule has 1 aliphatic rings. The third-order valence-corrected chi connectivity index (χ3v) is 5.05. The highest BCUT2D eigenvalue weighted by molar-refractivity contribution is 7.18. The van der Waals surface area contributed by atoms with Gasteiger partial charge in [-0.05, 0) is 31.7 Å². The van der Waals surface area contributed by atoms with Gasteiger partial charge in [-0.15, -0.1) is 11.3 Å². The van der Waals surface area contributed by atoms with Crippen LogP contribution in [0.5, 0.6) is 0 Å². The lowest BCUT2D eigenvalue weighted by atomic mass is 10.0. The second-order valence-corrected chi connectivity index (χ2v) is 6.67. The maximum atomic E-state index is 5.60. The number of thiophene rings is 1. The average Bonchev–Trinajstić information content (AvgIpc) is 2.96. The topological polar surface area (TPSA) is 47.0 Å². The fourth-order valence-corrected chi connectivity index (χ4v) is 3.64. The zero-order valence-electron chi connectivity index (χ0n) is 12.8. The van der Waals surface area contributed by atoms with Crippen molar-refractivity contribution < 1.29 is 4.74 Å². The van der Waals surface area contributed by atoms with Gasteiger partial charge in [0.2, 0.25) is 0 Å². The Kier molecular flexibility index (Phi) is 4.70. The monoisotopic (exact) mass is 305 g/mol. The van der Waals surface area contributed by atoms with Crippen LogP contribution in [-0.2, 0) is 11.2 Å². The highest BCUT2D eigenvalue weighted by atomic mass is 32.1. The first-order valence-corrected chi connectivity index (χ1v) is 8.75. The molecule has 0 aromatic carbocycles. The van der Waals surface area contributed by atoms with Gasteiger partial charge in [-0.1, -0.05) is 13.8 Å². The van der Waals surface area contributed by atoms with E-state index in [1.165, 1.54) is 10.3 Å². The first-order valence-electron chi connectivity index (χ1n) is 7.93. The van der Waals surface area contributed by atoms with Crippen LogP contribution in [0.1, 0.15) is 49.7 Å². The highest BCUT2D eigenvalue weighted by Gasteiger charge is 2.21. The van der Waals surface area contributed by atoms with Crippen molar-refractivity contribution in [3.8, 4) is 0 Å². The van der Waals surface area contributed by atoms with E-state index in [0.29, 0.717) is 5.92 Å². The lowest BCUT2D eigenvalue weighted by Crippen LogP contribution is -2.18. The minimum Gasteiger partial charge on any atom is -0.381 e. The summed E-state index contributed by atoms with van der Waals surface area (Å²) in [6.07, 6.45) is 4.38. The second kappa shape index (κ2) is 6.71. The predicted octanol–water partition coefficient (Wildman–Crippen LogP) is 3.97. The number of hydrogen-bond donors (Lipinski definition) is 1. The Labute approximate surface area is 129 Å². The van der Waals surface area contributed by atoms with Crippen molar-refractivity contribution in [2.24, 2.45) is 0 Å². The van der Waals surface area contributed by atoms with E-state index in [-0.39, 0.29) is 0 Å². The third-order valence-electron chi connectivity index (χ3n) is 3.88. The zero-order valence-corrected chi connectivity index (χ0v) is 13.6. The number of nitrogens with zero attached hydrogens (tertiary/aromatic N) is 2. The molecule has 1 atom stereocenters. The van der Waals surface area contributed by atoms with Crippen LogP contribution < -0.4 is 5.32 Å². The molecule has 0 bridgehead atoms. The summed E-state index contributed by atoms with van der Waals surface area (Å²) in [5.41, 5.74) is 0. The second-order valence-electron chi connectivity index (χ2n) is 5.56. The van der Waals surface area contributed by atoms with E-state index < -0.39 is 0 Å². The molecule has 1 saturated heterocycles. The number of fused-ring (bicyclic) bond motifs is 1. The van der Waals surface area contributed by atoms with Gasteiger partial charge in [-0.2, -0.15) is 0 Å². The maximum Gasteiger partial charge on any atom is 0.138 e. The molecule has 4 nitrogen and oxygen atoms in total. The first kappa shape index (κ1) is 14.7. The Hall–Kier alpha value is -1.20. The smallest absolute Gasteiger partial charge is 0.138 e. The van der Waals surface area contributed by atoms with Crippen molar-refractivity contribution in [1.82, 2.24) is 9.97 Å². The Balaban J connectivity index is 2.00. The third kappa shape index (κ3) is 3.19. The Bertz CT molecular complexity index is 605. The molecule has 0 amide bonds. The van der Waals surface area contributed by atoms with Crippen molar-refractivity contribution in [2.45, 2.75) is 45.4 Å². The molecule has 0 radical (unpaired) electrons. The number of aryl methyl sites for hydroxylation is 1. The molecular formula is C16H23N3OS. The van der Waals surface area contributed by atoms with Crippen molar-refractivity contribution >= 4 is 27.4 Å². The van der Waals surface area contributed by atoms with Gasteiger partial charge in [-0.3, -0.25) is 0 Å². The van der Waals surface area contributed by atoms with Gasteiger partial charge in [0, 0.05) is 23.9 Å². The van der Waals surface area contributed by atoms with E-state index in [1.54, 1.807) is 11.3 Å². The van der Waals surface area contributed by atoms with Crippen molar-refractivity contribution in [3.63, 3.8) is 0 Å². The Morgan fingerprint density at radius 1 is 1.38 bits per heavy atom. The molecule has 0 spiro atoms. The molecule has 1 fully saturated rings. The van der Waals surface area contributed by atoms with Crippen LogP contribution in [-0.4, -0.2) is 29.7 Å². The minimum absolute atomic E-state index is 0.345. The van der Waals surface area contributed by atoms with Crippen molar-refractivity contribution in [1.29, 1.82) is 0 Å². The SMILES string of the molecule is CCCNc1nc(C2CCCOC2)nc2sc(CC)cc12. The number of nitrogens with one attached hydrogen (secondary N) is 1. The van der Waals surface area contributed by atoms with E-state index in [9.17, 15) is 0 Å². The van der Waals surface area contributed by atoms with E-state index in [1.807, 2.05) is 0 Å². The molecule has 21 heavy (non-hydrogen) atoms. The fraction of sp³-hybridized carbons (Fsp3) is 0.625. The highest BCUT2D eigenvalue weighted by Crippen LogP contribution is 2.32. The zero-order chi connectivity index (χ0) is 14.7. The largest absolute Gasteiger partial charge is 0.381 e. The van der Waals surface area contributed by atoms with Crippen LogP contribution in [0.2, 0.25) is 0 Å². The van der Waals surface area contributed by atoms with E-state index in [0.717, 1.165) is 61.9 Å². The molecule has 5 heteroatoms. The van der Waals surface area contributed by atoms with Crippen LogP contribution in [0.25, 0.3) is 10.2 Å². The number of anilines is 1. The van der Waals surface area contributed by atoms with E-state index in [4.69, 9.17) is 14.7 Å². The number of hydrogen-bond acceptors (Lipinski definition) is 5. The Morgan fingerprint density at radius 3 is 3.00 bits per heavy atom. The summed E-state index contributed by atoms with van der Waals surface area (Å²) < 4.78 is 5.60. The maximum absolute atomic E-state index is 5.60. The van der Waals surface area contributed by atoms with Crippen LogP contribution in [0.4, 0.5) is 5.82 Å². The summed E-state index contributed by atoms with van der Waals surface area (Å²) in [5, 5.41) is 4.64. The molecule has 114 valence electrons. The minimum atomic E-state index is 0.345. The summed E-state index contributed by atoms with van der Waals surface area (Å²) in [4.78, 5) is 12.1. The number of aromatic nitrogens is 2. The summed E-state index contributed by atoms with van der Waals surface area (Å²) >= 11 is 1.79. The van der Waals surface area contributed by atoms with Crippen molar-refractivity contribution in [2.75, 3.05) is 25.1 Å². The first-order chi connectivity index (χ1) is 10.3. The number of rotatable bonds is 5. The van der Waals surface area contributed by atoms with Gasteiger partial charge < -0.3 is 10.1 Å². The molecule has 1 unspecified atom stereocenters. The molecular weight excluding hydrogens is 282 g/mol. The predicted molar refractivity (Wildman–Crippen MR) is 88.4 cm³/mol. The molecule has 0 aliphatic carbocycles. The normalized spacial score (nSPS) is 19.0. The van der Waals surface area contributed by atoms with E-state index in [2.05, 4.69) is 25.2 Å². The van der Waals surface area contributed by atoms with Gasteiger partial charge in [0.25, 0.3) is 0 Å². The van der Waals surface area contributed by atoms with Gasteiger partial charge in [0.05, 0.1) is 12.0 Å². The quantitative estimate of drug-likeness (QED) is 0.908. The molecule has 1 aliphatic heterocycles. The van der Waals surface area contributed by atoms with Gasteiger partial charge in [-0.25, -0.2) is 9.97 Å². The lowest BCUT2D eigenvalue weighted by Gasteiger charge is -2.21.